The van der Waals surface area contributed by atoms with Gasteiger partial charge in [-0.15, -0.1) is 0 Å². The molecule has 0 bridgehead atoms. The second-order valence-corrected chi connectivity index (χ2v) is 5.93. The molecule has 0 saturated heterocycles. The van der Waals surface area contributed by atoms with E-state index in [0.717, 1.165) is 6.07 Å². The standard InChI is InChI=1S/C19H14ClNO6/c20-11-1-4-13(5-2-11)27-10-17-15(7-8-26-17)18(23)21-12-3-6-14(19(24)25)16(22)9-12/h1-9,22H,10H2,(H,21,23)(H,24,25). The lowest BCUT2D eigenvalue weighted by atomic mass is 10.1. The number of hydrogen-bond donors (Lipinski definition) is 3. The maximum atomic E-state index is 12.4. The third kappa shape index (κ3) is 4.39. The summed E-state index contributed by atoms with van der Waals surface area (Å²) in [5.74, 6) is -1.31. The number of furan rings is 1. The van der Waals surface area contributed by atoms with Gasteiger partial charge in [0.2, 0.25) is 0 Å². The van der Waals surface area contributed by atoms with Gasteiger partial charge in [0, 0.05) is 16.8 Å². The second-order valence-electron chi connectivity index (χ2n) is 5.49. The Balaban J connectivity index is 1.69. The molecule has 3 rings (SSSR count). The van der Waals surface area contributed by atoms with Gasteiger partial charge >= 0.3 is 5.97 Å². The highest BCUT2D eigenvalue weighted by Crippen LogP contribution is 2.23. The third-order valence-corrected chi connectivity index (χ3v) is 3.91. The molecule has 0 saturated carbocycles. The number of phenols is 1. The quantitative estimate of drug-likeness (QED) is 0.585. The summed E-state index contributed by atoms with van der Waals surface area (Å²) in [6, 6.07) is 12.0. The molecule has 8 heteroatoms. The van der Waals surface area contributed by atoms with Gasteiger partial charge in [0.05, 0.1) is 11.8 Å². The molecule has 7 nitrogen and oxygen atoms in total. The van der Waals surface area contributed by atoms with Crippen molar-refractivity contribution in [2.75, 3.05) is 5.32 Å². The van der Waals surface area contributed by atoms with Gasteiger partial charge in [-0.25, -0.2) is 4.79 Å². The molecule has 0 aliphatic rings. The van der Waals surface area contributed by atoms with Crippen LogP contribution in [0.2, 0.25) is 5.02 Å². The molecule has 1 heterocycles. The van der Waals surface area contributed by atoms with E-state index < -0.39 is 17.6 Å². The van der Waals surface area contributed by atoms with E-state index in [1.807, 2.05) is 0 Å². The SMILES string of the molecule is O=C(O)c1ccc(NC(=O)c2ccoc2COc2ccc(Cl)cc2)cc1O. The van der Waals surface area contributed by atoms with Crippen molar-refractivity contribution in [1.29, 1.82) is 0 Å². The van der Waals surface area contributed by atoms with Crippen molar-refractivity contribution in [3.05, 3.63) is 76.7 Å². The third-order valence-electron chi connectivity index (χ3n) is 3.66. The van der Waals surface area contributed by atoms with Crippen LogP contribution in [-0.2, 0) is 6.61 Å². The fraction of sp³-hybridized carbons (Fsp3) is 0.0526. The second kappa shape index (κ2) is 7.84. The van der Waals surface area contributed by atoms with Gasteiger partial charge in [-0.2, -0.15) is 0 Å². The fourth-order valence-electron chi connectivity index (χ4n) is 2.32. The molecule has 0 aliphatic heterocycles. The first-order valence-electron chi connectivity index (χ1n) is 7.76. The Morgan fingerprint density at radius 1 is 1.07 bits per heavy atom. The monoisotopic (exact) mass is 387 g/mol. The van der Waals surface area contributed by atoms with E-state index in [4.69, 9.17) is 25.9 Å². The number of carbonyl (C=O) groups excluding carboxylic acids is 1. The predicted octanol–water partition coefficient (Wildman–Crippen LogP) is 4.17. The summed E-state index contributed by atoms with van der Waals surface area (Å²) in [5, 5.41) is 21.8. The average Bonchev–Trinajstić information content (AvgIpc) is 3.10. The summed E-state index contributed by atoms with van der Waals surface area (Å²) in [7, 11) is 0. The molecule has 1 aromatic heterocycles. The van der Waals surface area contributed by atoms with Gasteiger partial charge in [-0.1, -0.05) is 11.6 Å². The molecule has 27 heavy (non-hydrogen) atoms. The highest BCUT2D eigenvalue weighted by atomic mass is 35.5. The molecule has 138 valence electrons. The fourth-order valence-corrected chi connectivity index (χ4v) is 2.45. The van der Waals surface area contributed by atoms with Crippen LogP contribution in [0, 0.1) is 0 Å². The molecule has 0 unspecified atom stereocenters. The Hall–Kier alpha value is -3.45. The lowest BCUT2D eigenvalue weighted by Crippen LogP contribution is -2.14. The zero-order valence-corrected chi connectivity index (χ0v) is 14.6. The number of carbonyl (C=O) groups is 2. The zero-order chi connectivity index (χ0) is 19.4. The summed E-state index contributed by atoms with van der Waals surface area (Å²) in [4.78, 5) is 23.4. The van der Waals surface area contributed by atoms with Crippen LogP contribution in [0.3, 0.4) is 0 Å². The number of halogens is 1. The summed E-state index contributed by atoms with van der Waals surface area (Å²) in [5.41, 5.74) is 0.243. The minimum atomic E-state index is -1.26. The van der Waals surface area contributed by atoms with Crippen LogP contribution < -0.4 is 10.1 Å². The van der Waals surface area contributed by atoms with Crippen molar-refractivity contribution in [2.24, 2.45) is 0 Å². The van der Waals surface area contributed by atoms with Crippen molar-refractivity contribution < 1.29 is 29.0 Å². The first-order valence-corrected chi connectivity index (χ1v) is 8.14. The summed E-state index contributed by atoms with van der Waals surface area (Å²) >= 11 is 5.82. The Bertz CT molecular complexity index is 980. The predicted molar refractivity (Wildman–Crippen MR) is 97.5 cm³/mol. The molecule has 1 amide bonds. The molecule has 0 aliphatic carbocycles. The maximum Gasteiger partial charge on any atom is 0.339 e. The lowest BCUT2D eigenvalue weighted by molar-refractivity contribution is 0.0693. The highest BCUT2D eigenvalue weighted by Gasteiger charge is 2.17. The van der Waals surface area contributed by atoms with Gasteiger partial charge in [-0.05, 0) is 42.5 Å². The number of benzene rings is 2. The van der Waals surface area contributed by atoms with Crippen molar-refractivity contribution in [1.82, 2.24) is 0 Å². The molecule has 0 spiro atoms. The van der Waals surface area contributed by atoms with Crippen LogP contribution >= 0.6 is 11.6 Å². The van der Waals surface area contributed by atoms with Crippen LogP contribution in [0.5, 0.6) is 11.5 Å². The number of nitrogens with one attached hydrogen (secondary N) is 1. The minimum Gasteiger partial charge on any atom is -0.507 e. The van der Waals surface area contributed by atoms with Gasteiger partial charge in [0.25, 0.3) is 5.91 Å². The Labute approximate surface area is 158 Å². The molecule has 0 atom stereocenters. The van der Waals surface area contributed by atoms with Gasteiger partial charge in [0.1, 0.15) is 23.7 Å². The molecule has 2 aromatic carbocycles. The number of aromatic hydroxyl groups is 1. The molecule has 0 radical (unpaired) electrons. The lowest BCUT2D eigenvalue weighted by Gasteiger charge is -2.08. The highest BCUT2D eigenvalue weighted by molar-refractivity contribution is 6.30. The average molecular weight is 388 g/mol. The largest absolute Gasteiger partial charge is 0.507 e. The Kier molecular flexibility index (Phi) is 5.33. The number of anilines is 1. The van der Waals surface area contributed by atoms with Gasteiger partial charge < -0.3 is 24.7 Å². The number of carboxylic acid groups (broad SMARTS) is 1. The van der Waals surface area contributed by atoms with Crippen LogP contribution in [0.1, 0.15) is 26.5 Å². The van der Waals surface area contributed by atoms with E-state index in [9.17, 15) is 14.7 Å². The van der Waals surface area contributed by atoms with E-state index in [2.05, 4.69) is 5.32 Å². The number of rotatable bonds is 6. The first kappa shape index (κ1) is 18.3. The Morgan fingerprint density at radius 2 is 1.81 bits per heavy atom. The molecule has 3 N–H and O–H groups in total. The number of aromatic carboxylic acids is 1. The summed E-state index contributed by atoms with van der Waals surface area (Å²) < 4.78 is 10.9. The van der Waals surface area contributed by atoms with Crippen LogP contribution in [-0.4, -0.2) is 22.1 Å². The molecule has 3 aromatic rings. The smallest absolute Gasteiger partial charge is 0.339 e. The summed E-state index contributed by atoms with van der Waals surface area (Å²) in [6.45, 7) is 0.0284. The van der Waals surface area contributed by atoms with Crippen molar-refractivity contribution >= 4 is 29.2 Å². The minimum absolute atomic E-state index is 0.0284. The van der Waals surface area contributed by atoms with Crippen LogP contribution in [0.15, 0.2) is 59.2 Å². The number of amides is 1. The van der Waals surface area contributed by atoms with Crippen molar-refractivity contribution in [2.45, 2.75) is 6.61 Å². The summed E-state index contributed by atoms with van der Waals surface area (Å²) in [6.07, 6.45) is 1.36. The van der Waals surface area contributed by atoms with Crippen molar-refractivity contribution in [3.63, 3.8) is 0 Å². The normalized spacial score (nSPS) is 10.4. The molecule has 0 fully saturated rings. The van der Waals surface area contributed by atoms with Crippen LogP contribution in [0.25, 0.3) is 0 Å². The van der Waals surface area contributed by atoms with E-state index >= 15 is 0 Å². The van der Waals surface area contributed by atoms with Gasteiger partial charge in [0.15, 0.2) is 5.76 Å². The molecular formula is C19H14ClNO6. The zero-order valence-electron chi connectivity index (χ0n) is 13.8. The van der Waals surface area contributed by atoms with E-state index in [-0.39, 0.29) is 23.4 Å². The number of carboxylic acids is 1. The van der Waals surface area contributed by atoms with E-state index in [1.165, 1.54) is 24.5 Å². The number of hydrogen-bond acceptors (Lipinski definition) is 5. The van der Waals surface area contributed by atoms with E-state index in [1.54, 1.807) is 24.3 Å². The first-order chi connectivity index (χ1) is 12.9. The number of ether oxygens (including phenoxy) is 1. The molecular weight excluding hydrogens is 374 g/mol. The van der Waals surface area contributed by atoms with Crippen LogP contribution in [0.4, 0.5) is 5.69 Å². The topological polar surface area (TPSA) is 109 Å². The van der Waals surface area contributed by atoms with Crippen molar-refractivity contribution in [3.8, 4) is 11.5 Å². The maximum absolute atomic E-state index is 12.4. The van der Waals surface area contributed by atoms with Gasteiger partial charge in [-0.3, -0.25) is 4.79 Å². The van der Waals surface area contributed by atoms with E-state index in [0.29, 0.717) is 16.5 Å². The Morgan fingerprint density at radius 3 is 2.48 bits per heavy atom.